The maximum Gasteiger partial charge on any atom is 1.00 e. The Morgan fingerprint density at radius 2 is 1.41 bits per heavy atom. The molecule has 0 aliphatic rings. The van der Waals surface area contributed by atoms with Crippen LogP contribution in [0.15, 0.2) is 72.8 Å². The molecular formula is C25H28NaO5P. The Balaban J connectivity index is 0.00000363. The summed E-state index contributed by atoms with van der Waals surface area (Å²) in [4.78, 5) is 12.4. The first kappa shape index (κ1) is 26.7. The third-order valence-electron chi connectivity index (χ3n) is 5.10. The van der Waals surface area contributed by atoms with Crippen molar-refractivity contribution in [3.05, 3.63) is 95.1 Å². The molecule has 0 spiro atoms. The van der Waals surface area contributed by atoms with Crippen molar-refractivity contribution in [2.45, 2.75) is 45.6 Å². The predicted octanol–water partition coefficient (Wildman–Crippen LogP) is 2.66. The number of hydrogen-bond donors (Lipinski definition) is 1. The van der Waals surface area contributed by atoms with Crippen LogP contribution in [-0.2, 0) is 10.2 Å². The van der Waals surface area contributed by atoms with Crippen LogP contribution in [0.25, 0.3) is 0 Å². The molecule has 5 nitrogen and oxygen atoms in total. The molecule has 164 valence electrons. The van der Waals surface area contributed by atoms with Gasteiger partial charge in [-0.3, -0.25) is 0 Å². The van der Waals surface area contributed by atoms with E-state index in [1.807, 2.05) is 50.2 Å². The molecule has 0 saturated carbocycles. The number of aliphatic hydroxyl groups is 1. The van der Waals surface area contributed by atoms with Gasteiger partial charge in [0, 0.05) is 0 Å². The summed E-state index contributed by atoms with van der Waals surface area (Å²) in [6, 6.07) is 21.1. The Morgan fingerprint density at radius 3 is 1.97 bits per heavy atom. The maximum absolute atomic E-state index is 12.4. The molecule has 3 aromatic carbocycles. The Morgan fingerprint density at radius 1 is 0.875 bits per heavy atom. The summed E-state index contributed by atoms with van der Waals surface area (Å²) < 4.78 is 22.6. The molecule has 3 aromatic rings. The summed E-state index contributed by atoms with van der Waals surface area (Å²) in [6.07, 6.45) is 2.36. The van der Waals surface area contributed by atoms with Crippen LogP contribution >= 0.6 is 7.82 Å². The van der Waals surface area contributed by atoms with Gasteiger partial charge in [0.2, 0.25) is 0 Å². The van der Waals surface area contributed by atoms with Crippen LogP contribution < -0.4 is 43.5 Å². The second-order valence-corrected chi connectivity index (χ2v) is 9.07. The van der Waals surface area contributed by atoms with Crippen molar-refractivity contribution in [3.63, 3.8) is 0 Å². The Kier molecular flexibility index (Phi) is 9.59. The van der Waals surface area contributed by atoms with E-state index in [2.05, 4.69) is 6.92 Å². The summed E-state index contributed by atoms with van der Waals surface area (Å²) in [6.45, 7) is 5.80. The molecule has 0 aliphatic heterocycles. The number of phosphoric ester groups is 1. The van der Waals surface area contributed by atoms with Gasteiger partial charge >= 0.3 is 37.4 Å². The van der Waals surface area contributed by atoms with Gasteiger partial charge in [-0.1, -0.05) is 68.3 Å². The molecular weight excluding hydrogens is 434 g/mol. The summed E-state index contributed by atoms with van der Waals surface area (Å²) >= 11 is 0. The average molecular weight is 462 g/mol. The van der Waals surface area contributed by atoms with E-state index in [0.29, 0.717) is 12.0 Å². The topological polar surface area (TPSA) is 78.8 Å². The first-order chi connectivity index (χ1) is 14.7. The molecule has 0 aromatic heterocycles. The van der Waals surface area contributed by atoms with Crippen LogP contribution in [-0.4, -0.2) is 5.11 Å². The van der Waals surface area contributed by atoms with Crippen LogP contribution in [0.5, 0.6) is 11.5 Å². The van der Waals surface area contributed by atoms with E-state index in [4.69, 9.17) is 9.05 Å². The van der Waals surface area contributed by atoms with Crippen molar-refractivity contribution in [2.75, 3.05) is 0 Å². The molecule has 0 radical (unpaired) electrons. The van der Waals surface area contributed by atoms with E-state index in [0.717, 1.165) is 29.5 Å². The SMILES string of the molecule is CCCCC(O)(c1ccccc1)c1ccc(OP(=O)([O-])Oc2cc(C)cc(C)c2)cc1.[Na+]. The quantitative estimate of drug-likeness (QED) is 0.391. The van der Waals surface area contributed by atoms with Crippen molar-refractivity contribution in [1.29, 1.82) is 0 Å². The first-order valence-electron chi connectivity index (χ1n) is 10.4. The Labute approximate surface area is 212 Å². The molecule has 7 heteroatoms. The number of unbranched alkanes of at least 4 members (excludes halogenated alkanes) is 1. The monoisotopic (exact) mass is 462 g/mol. The minimum atomic E-state index is -4.62. The van der Waals surface area contributed by atoms with Gasteiger partial charge in [-0.2, -0.15) is 0 Å². The third-order valence-corrected chi connectivity index (χ3v) is 5.97. The number of phosphoric acid groups is 1. The first-order valence-corrected chi connectivity index (χ1v) is 11.8. The molecule has 32 heavy (non-hydrogen) atoms. The van der Waals surface area contributed by atoms with Crippen molar-refractivity contribution in [3.8, 4) is 11.5 Å². The van der Waals surface area contributed by atoms with Gasteiger partial charge in [-0.05, 0) is 66.8 Å². The van der Waals surface area contributed by atoms with E-state index >= 15 is 0 Å². The standard InChI is InChI=1S/C25H29O5P.Na/c1-4-5-15-25(26,21-9-7-6-8-10-21)22-11-13-23(14-12-22)29-31(27,28)30-24-17-19(2)16-20(3)18-24;/h6-14,16-18,26H,4-5,15H2,1-3H3,(H,27,28);/q;+1/p-1. The van der Waals surface area contributed by atoms with Crippen LogP contribution in [0, 0.1) is 13.8 Å². The Hall–Kier alpha value is -1.59. The fourth-order valence-electron chi connectivity index (χ4n) is 3.66. The molecule has 3 rings (SSSR count). The van der Waals surface area contributed by atoms with E-state index in [9.17, 15) is 14.6 Å². The van der Waals surface area contributed by atoms with Gasteiger partial charge in [-0.15, -0.1) is 0 Å². The van der Waals surface area contributed by atoms with Crippen molar-refractivity contribution < 1.29 is 53.2 Å². The van der Waals surface area contributed by atoms with Crippen molar-refractivity contribution in [2.24, 2.45) is 0 Å². The van der Waals surface area contributed by atoms with E-state index in [1.54, 1.807) is 24.3 Å². The van der Waals surface area contributed by atoms with Crippen molar-refractivity contribution >= 4 is 7.82 Å². The number of aryl methyl sites for hydroxylation is 2. The van der Waals surface area contributed by atoms with Gasteiger partial charge in [0.05, 0.1) is 0 Å². The molecule has 0 heterocycles. The largest absolute Gasteiger partial charge is 1.00 e. The van der Waals surface area contributed by atoms with Gasteiger partial charge < -0.3 is 19.0 Å². The Bertz CT molecular complexity index is 1040. The summed E-state index contributed by atoms with van der Waals surface area (Å²) in [7, 11) is -4.62. The minimum Gasteiger partial charge on any atom is -0.736 e. The van der Waals surface area contributed by atoms with E-state index in [-0.39, 0.29) is 41.1 Å². The molecule has 0 fully saturated rings. The van der Waals surface area contributed by atoms with Gasteiger partial charge in [0.1, 0.15) is 17.1 Å². The second kappa shape index (κ2) is 11.5. The minimum absolute atomic E-state index is 0. The van der Waals surface area contributed by atoms with Crippen LogP contribution in [0.3, 0.4) is 0 Å². The zero-order chi connectivity index (χ0) is 22.5. The molecule has 0 saturated heterocycles. The van der Waals surface area contributed by atoms with Crippen LogP contribution in [0.4, 0.5) is 0 Å². The summed E-state index contributed by atoms with van der Waals surface area (Å²) in [5, 5.41) is 11.5. The predicted molar refractivity (Wildman–Crippen MR) is 120 cm³/mol. The fraction of sp³-hybridized carbons (Fsp3) is 0.280. The molecule has 0 aliphatic carbocycles. The van der Waals surface area contributed by atoms with E-state index < -0.39 is 13.4 Å². The molecule has 0 bridgehead atoms. The third kappa shape index (κ3) is 6.95. The zero-order valence-electron chi connectivity index (χ0n) is 19.1. The maximum atomic E-state index is 12.4. The van der Waals surface area contributed by atoms with Gasteiger partial charge in [-0.25, -0.2) is 4.57 Å². The fourth-order valence-corrected chi connectivity index (χ4v) is 4.44. The molecule has 0 amide bonds. The molecule has 1 N–H and O–H groups in total. The van der Waals surface area contributed by atoms with E-state index in [1.165, 1.54) is 12.1 Å². The smallest absolute Gasteiger partial charge is 0.736 e. The van der Waals surface area contributed by atoms with Gasteiger partial charge in [0.15, 0.2) is 0 Å². The number of rotatable bonds is 9. The molecule has 2 atom stereocenters. The number of benzene rings is 3. The number of hydrogen-bond acceptors (Lipinski definition) is 5. The summed E-state index contributed by atoms with van der Waals surface area (Å²) in [5.74, 6) is 0.336. The van der Waals surface area contributed by atoms with Crippen LogP contribution in [0.1, 0.15) is 48.4 Å². The second-order valence-electron chi connectivity index (χ2n) is 7.81. The normalized spacial score (nSPS) is 14.5. The van der Waals surface area contributed by atoms with Crippen molar-refractivity contribution in [1.82, 2.24) is 0 Å². The zero-order valence-corrected chi connectivity index (χ0v) is 22.0. The van der Waals surface area contributed by atoms with Gasteiger partial charge in [0.25, 0.3) is 0 Å². The van der Waals surface area contributed by atoms with Crippen LogP contribution in [0.2, 0.25) is 0 Å². The molecule has 2 unspecified atom stereocenters. The average Bonchev–Trinajstić information content (AvgIpc) is 2.71. The summed E-state index contributed by atoms with van der Waals surface area (Å²) in [5.41, 5.74) is 2.10.